The van der Waals surface area contributed by atoms with E-state index in [2.05, 4.69) is 5.32 Å². The maximum absolute atomic E-state index is 12.5. The second-order valence-electron chi connectivity index (χ2n) is 5.83. The molecule has 0 aromatic carbocycles. The molecule has 0 bridgehead atoms. The molecule has 0 saturated carbocycles. The van der Waals surface area contributed by atoms with E-state index >= 15 is 0 Å². The summed E-state index contributed by atoms with van der Waals surface area (Å²) in [6.07, 6.45) is 0.724. The molecule has 0 aromatic rings. The minimum Gasteiger partial charge on any atom is -0.481 e. The lowest BCUT2D eigenvalue weighted by Gasteiger charge is -2.42. The van der Waals surface area contributed by atoms with Crippen molar-refractivity contribution in [3.63, 3.8) is 0 Å². The summed E-state index contributed by atoms with van der Waals surface area (Å²) in [7, 11) is 0. The molecular formula is C14H24N2O4. The predicted octanol–water partition coefficient (Wildman–Crippen LogP) is 1.00. The van der Waals surface area contributed by atoms with Crippen molar-refractivity contribution in [2.75, 3.05) is 13.1 Å². The fourth-order valence-corrected chi connectivity index (χ4v) is 2.60. The second-order valence-corrected chi connectivity index (χ2v) is 5.83. The van der Waals surface area contributed by atoms with Crippen molar-refractivity contribution in [2.24, 2.45) is 5.41 Å². The van der Waals surface area contributed by atoms with Gasteiger partial charge >= 0.3 is 5.97 Å². The van der Waals surface area contributed by atoms with Gasteiger partial charge in [0, 0.05) is 19.5 Å². The van der Waals surface area contributed by atoms with Gasteiger partial charge in [-0.3, -0.25) is 14.4 Å². The van der Waals surface area contributed by atoms with Gasteiger partial charge in [0.15, 0.2) is 0 Å². The zero-order valence-electron chi connectivity index (χ0n) is 12.7. The maximum Gasteiger partial charge on any atom is 0.310 e. The van der Waals surface area contributed by atoms with E-state index in [1.165, 1.54) is 4.90 Å². The number of carboxylic acids is 1. The van der Waals surface area contributed by atoms with Gasteiger partial charge in [-0.2, -0.15) is 0 Å². The Balaban J connectivity index is 2.94. The Labute approximate surface area is 119 Å². The van der Waals surface area contributed by atoms with E-state index in [9.17, 15) is 19.5 Å². The van der Waals surface area contributed by atoms with E-state index < -0.39 is 16.9 Å². The van der Waals surface area contributed by atoms with E-state index in [4.69, 9.17) is 0 Å². The summed E-state index contributed by atoms with van der Waals surface area (Å²) in [6.45, 7) is 7.74. The molecule has 6 heteroatoms. The molecule has 114 valence electrons. The molecular weight excluding hydrogens is 260 g/mol. The van der Waals surface area contributed by atoms with Crippen molar-refractivity contribution >= 4 is 17.8 Å². The van der Waals surface area contributed by atoms with Crippen molar-refractivity contribution in [1.29, 1.82) is 0 Å². The van der Waals surface area contributed by atoms with Gasteiger partial charge in [0.05, 0.1) is 5.41 Å². The van der Waals surface area contributed by atoms with Gasteiger partial charge in [-0.25, -0.2) is 0 Å². The van der Waals surface area contributed by atoms with Crippen molar-refractivity contribution in [3.8, 4) is 0 Å². The minimum atomic E-state index is -1.04. The molecule has 0 unspecified atom stereocenters. The van der Waals surface area contributed by atoms with Crippen molar-refractivity contribution < 1.29 is 19.5 Å². The molecule has 0 atom stereocenters. The number of hydrogen-bond acceptors (Lipinski definition) is 3. The Hall–Kier alpha value is -1.59. The summed E-state index contributed by atoms with van der Waals surface area (Å²) in [5.74, 6) is -1.42. The zero-order chi connectivity index (χ0) is 15.6. The highest BCUT2D eigenvalue weighted by Crippen LogP contribution is 2.33. The third kappa shape index (κ3) is 2.78. The highest BCUT2D eigenvalue weighted by Gasteiger charge is 2.44. The predicted molar refractivity (Wildman–Crippen MR) is 74.1 cm³/mol. The molecule has 1 aliphatic rings. The van der Waals surface area contributed by atoms with Crippen molar-refractivity contribution in [2.45, 2.75) is 52.5 Å². The molecule has 1 saturated heterocycles. The van der Waals surface area contributed by atoms with Gasteiger partial charge in [0.25, 0.3) is 0 Å². The molecule has 0 spiro atoms. The number of nitrogens with one attached hydrogen (secondary N) is 1. The lowest BCUT2D eigenvalue weighted by atomic mass is 9.78. The Kier molecular flexibility index (Phi) is 4.78. The van der Waals surface area contributed by atoms with E-state index in [0.29, 0.717) is 25.9 Å². The molecule has 2 N–H and O–H groups in total. The van der Waals surface area contributed by atoms with Gasteiger partial charge in [0.1, 0.15) is 5.54 Å². The molecule has 1 rings (SSSR count). The molecule has 1 aliphatic heterocycles. The largest absolute Gasteiger partial charge is 0.481 e. The van der Waals surface area contributed by atoms with Crippen LogP contribution in [0.15, 0.2) is 0 Å². The topological polar surface area (TPSA) is 86.7 Å². The van der Waals surface area contributed by atoms with Crippen LogP contribution in [0.1, 0.15) is 47.0 Å². The average molecular weight is 284 g/mol. The van der Waals surface area contributed by atoms with Gasteiger partial charge in [-0.15, -0.1) is 0 Å². The summed E-state index contributed by atoms with van der Waals surface area (Å²) < 4.78 is 0. The Bertz CT molecular complexity index is 413. The van der Waals surface area contributed by atoms with Crippen molar-refractivity contribution in [3.05, 3.63) is 0 Å². The van der Waals surface area contributed by atoms with Gasteiger partial charge < -0.3 is 15.3 Å². The summed E-state index contributed by atoms with van der Waals surface area (Å²) >= 11 is 0. The van der Waals surface area contributed by atoms with E-state index in [-0.39, 0.29) is 18.2 Å². The lowest BCUT2D eigenvalue weighted by Crippen LogP contribution is -2.63. The molecule has 0 aliphatic carbocycles. The third-order valence-corrected chi connectivity index (χ3v) is 4.45. The minimum absolute atomic E-state index is 0.0634. The number of carbonyl (C=O) groups excluding carboxylic acids is 2. The monoisotopic (exact) mass is 284 g/mol. The fourth-order valence-electron chi connectivity index (χ4n) is 2.60. The van der Waals surface area contributed by atoms with Gasteiger partial charge in [-0.05, 0) is 26.7 Å². The van der Waals surface area contributed by atoms with Crippen LogP contribution >= 0.6 is 0 Å². The van der Waals surface area contributed by atoms with Crippen LogP contribution in [0.2, 0.25) is 0 Å². The number of carboxylic acid groups (broad SMARTS) is 1. The first-order valence-electron chi connectivity index (χ1n) is 7.03. The fraction of sp³-hybridized carbons (Fsp3) is 0.786. The van der Waals surface area contributed by atoms with Crippen LogP contribution in [-0.2, 0) is 14.4 Å². The van der Waals surface area contributed by atoms with Crippen LogP contribution in [0, 0.1) is 5.41 Å². The standard InChI is InChI=1S/C14H24N2O4/c1-5-14(6-2,12(19)20)9-10(17)16-8-7-15-11(18)13(16,3)4/h5-9H2,1-4H3,(H,15,18)(H,19,20). The first kappa shape index (κ1) is 16.5. The lowest BCUT2D eigenvalue weighted by molar-refractivity contribution is -0.158. The summed E-state index contributed by atoms with van der Waals surface area (Å²) in [5, 5.41) is 12.1. The molecule has 6 nitrogen and oxygen atoms in total. The number of rotatable bonds is 5. The summed E-state index contributed by atoms with van der Waals surface area (Å²) in [5.41, 5.74) is -1.97. The number of carbonyl (C=O) groups is 3. The number of amides is 2. The first-order valence-corrected chi connectivity index (χ1v) is 7.03. The molecule has 1 heterocycles. The molecule has 20 heavy (non-hydrogen) atoms. The zero-order valence-corrected chi connectivity index (χ0v) is 12.7. The second kappa shape index (κ2) is 5.81. The number of aliphatic carboxylic acids is 1. The van der Waals surface area contributed by atoms with Crippen LogP contribution in [-0.4, -0.2) is 46.4 Å². The van der Waals surface area contributed by atoms with Crippen LogP contribution in [0.25, 0.3) is 0 Å². The first-order chi connectivity index (χ1) is 9.21. The average Bonchev–Trinajstić information content (AvgIpc) is 2.38. The Morgan fingerprint density at radius 2 is 1.90 bits per heavy atom. The maximum atomic E-state index is 12.5. The number of nitrogens with zero attached hydrogens (tertiary/aromatic N) is 1. The van der Waals surface area contributed by atoms with Crippen LogP contribution in [0.5, 0.6) is 0 Å². The summed E-state index contributed by atoms with van der Waals surface area (Å²) in [4.78, 5) is 37.3. The number of hydrogen-bond donors (Lipinski definition) is 2. The van der Waals surface area contributed by atoms with Crippen molar-refractivity contribution in [1.82, 2.24) is 10.2 Å². The molecule has 2 amide bonds. The highest BCUT2D eigenvalue weighted by atomic mass is 16.4. The molecule has 0 radical (unpaired) electrons. The van der Waals surface area contributed by atoms with E-state index in [0.717, 1.165) is 0 Å². The normalized spacial score (nSPS) is 18.6. The van der Waals surface area contributed by atoms with Crippen LogP contribution < -0.4 is 5.32 Å². The molecule has 0 aromatic heterocycles. The smallest absolute Gasteiger partial charge is 0.310 e. The third-order valence-electron chi connectivity index (χ3n) is 4.45. The number of piperazine rings is 1. The van der Waals surface area contributed by atoms with Crippen LogP contribution in [0.4, 0.5) is 0 Å². The Morgan fingerprint density at radius 3 is 2.35 bits per heavy atom. The molecule has 1 fully saturated rings. The summed E-state index contributed by atoms with van der Waals surface area (Å²) in [6, 6.07) is 0. The van der Waals surface area contributed by atoms with Gasteiger partial charge in [-0.1, -0.05) is 13.8 Å². The van der Waals surface area contributed by atoms with Crippen LogP contribution in [0.3, 0.4) is 0 Å². The van der Waals surface area contributed by atoms with Gasteiger partial charge in [0.2, 0.25) is 11.8 Å². The SMILES string of the molecule is CCC(CC)(CC(=O)N1CCNC(=O)C1(C)C)C(=O)O. The Morgan fingerprint density at radius 1 is 1.35 bits per heavy atom. The quantitative estimate of drug-likeness (QED) is 0.788. The van der Waals surface area contributed by atoms with E-state index in [1.807, 2.05) is 0 Å². The highest BCUT2D eigenvalue weighted by molar-refractivity contribution is 5.93. The van der Waals surface area contributed by atoms with E-state index in [1.54, 1.807) is 27.7 Å².